The maximum absolute atomic E-state index is 10.8. The normalized spacial score (nSPS) is 9.86. The topological polar surface area (TPSA) is 64.3 Å². The second-order valence-corrected chi connectivity index (χ2v) is 3.92. The number of hydrogen-bond donors (Lipinski definition) is 2. The molecule has 0 aliphatic rings. The molecule has 86 valence electrons. The van der Waals surface area contributed by atoms with Gasteiger partial charge in [0.15, 0.2) is 0 Å². The Morgan fingerprint density at radius 3 is 2.07 bits per heavy atom. The van der Waals surface area contributed by atoms with Crippen molar-refractivity contribution in [3.63, 3.8) is 0 Å². The Balaban J connectivity index is 0. The summed E-state index contributed by atoms with van der Waals surface area (Å²) >= 11 is 0. The van der Waals surface area contributed by atoms with E-state index in [0.29, 0.717) is 13.1 Å². The average molecular weight is 204 g/mol. The molecule has 0 atom stereocenters. The second kappa shape index (κ2) is 8.81. The molecule has 0 aromatic heterocycles. The number of hydrogen-bond acceptors (Lipinski definition) is 3. The molecule has 0 spiro atoms. The van der Waals surface area contributed by atoms with Crippen molar-refractivity contribution in [3.8, 4) is 0 Å². The van der Waals surface area contributed by atoms with E-state index in [2.05, 4.69) is 19.2 Å². The van der Waals surface area contributed by atoms with Gasteiger partial charge in [-0.3, -0.25) is 0 Å². The van der Waals surface area contributed by atoms with Crippen LogP contribution in [0.5, 0.6) is 0 Å². The van der Waals surface area contributed by atoms with Gasteiger partial charge in [-0.25, -0.2) is 4.79 Å². The Labute approximate surface area is 87.2 Å². The van der Waals surface area contributed by atoms with Gasteiger partial charge in [0.1, 0.15) is 5.60 Å². The van der Waals surface area contributed by atoms with E-state index >= 15 is 0 Å². The zero-order chi connectivity index (χ0) is 11.6. The number of carbonyl (C=O) groups is 1. The van der Waals surface area contributed by atoms with Gasteiger partial charge in [0.2, 0.25) is 0 Å². The summed E-state index contributed by atoms with van der Waals surface area (Å²) in [5.74, 6) is 0. The lowest BCUT2D eigenvalue weighted by molar-refractivity contribution is 0.0529. The molecule has 0 aromatic carbocycles. The molecule has 0 radical (unpaired) electrons. The summed E-state index contributed by atoms with van der Waals surface area (Å²) in [6, 6.07) is 0. The first-order valence-electron chi connectivity index (χ1n) is 5.04. The molecule has 0 rings (SSSR count). The highest BCUT2D eigenvalue weighted by atomic mass is 16.6. The first-order chi connectivity index (χ1) is 6.37. The van der Waals surface area contributed by atoms with E-state index in [9.17, 15) is 4.79 Å². The molecule has 0 bridgehead atoms. The molecule has 0 fully saturated rings. The number of carbonyl (C=O) groups excluding carboxylic acids is 1. The minimum absolute atomic E-state index is 0.414. The lowest BCUT2D eigenvalue weighted by Gasteiger charge is -2.19. The van der Waals surface area contributed by atoms with Gasteiger partial charge in [-0.15, -0.1) is 0 Å². The van der Waals surface area contributed by atoms with Crippen LogP contribution in [0.3, 0.4) is 0 Å². The molecule has 0 saturated heterocycles. The lowest BCUT2D eigenvalue weighted by atomic mass is 10.2. The predicted molar refractivity (Wildman–Crippen MR) is 59.3 cm³/mol. The number of rotatable bonds is 2. The first kappa shape index (κ1) is 15.7. The molecule has 0 saturated carbocycles. The van der Waals surface area contributed by atoms with Crippen LogP contribution >= 0.6 is 0 Å². The molecule has 0 aliphatic heterocycles. The van der Waals surface area contributed by atoms with E-state index in [0.717, 1.165) is 0 Å². The van der Waals surface area contributed by atoms with Crippen molar-refractivity contribution >= 4 is 6.09 Å². The molecule has 0 aliphatic carbocycles. The summed E-state index contributed by atoms with van der Waals surface area (Å²) < 4.78 is 4.93. The highest BCUT2D eigenvalue weighted by Gasteiger charge is 2.14. The van der Waals surface area contributed by atoms with E-state index < -0.39 is 11.7 Å². The smallest absolute Gasteiger partial charge is 0.407 e. The van der Waals surface area contributed by atoms with Crippen LogP contribution < -0.4 is 11.1 Å². The van der Waals surface area contributed by atoms with Gasteiger partial charge in [0.25, 0.3) is 0 Å². The minimum atomic E-state index is -0.432. The lowest BCUT2D eigenvalue weighted by Crippen LogP contribution is -2.35. The van der Waals surface area contributed by atoms with Crippen molar-refractivity contribution in [2.45, 2.75) is 46.6 Å². The van der Waals surface area contributed by atoms with E-state index in [1.807, 2.05) is 20.8 Å². The molecule has 0 aromatic rings. The van der Waals surface area contributed by atoms with Gasteiger partial charge in [-0.2, -0.15) is 0 Å². The summed E-state index contributed by atoms with van der Waals surface area (Å²) in [6.07, 6.45) is 0.836. The minimum Gasteiger partial charge on any atom is -0.444 e. The molecule has 4 heteroatoms. The molecule has 4 nitrogen and oxygen atoms in total. The fourth-order valence-electron chi connectivity index (χ4n) is 0.488. The highest BCUT2D eigenvalue weighted by molar-refractivity contribution is 5.67. The fraction of sp³-hybridized carbons (Fsp3) is 0.900. The summed E-state index contributed by atoms with van der Waals surface area (Å²) in [5, 5.41) is 2.50. The van der Waals surface area contributed by atoms with Crippen LogP contribution in [0.4, 0.5) is 4.79 Å². The van der Waals surface area contributed by atoms with Gasteiger partial charge in [-0.05, 0) is 20.8 Å². The van der Waals surface area contributed by atoms with E-state index in [-0.39, 0.29) is 0 Å². The van der Waals surface area contributed by atoms with E-state index in [1.165, 1.54) is 6.42 Å². The summed E-state index contributed by atoms with van der Waals surface area (Å²) in [5.41, 5.74) is 4.74. The van der Waals surface area contributed by atoms with E-state index in [4.69, 9.17) is 10.5 Å². The Kier molecular flexibility index (Phi) is 9.88. The number of alkyl carbamates (subject to hydrolysis) is 1. The molecular weight excluding hydrogens is 180 g/mol. The average Bonchev–Trinajstić information content (AvgIpc) is 1.99. The van der Waals surface area contributed by atoms with Crippen LogP contribution in [0.2, 0.25) is 0 Å². The Bertz CT molecular complexity index is 142. The van der Waals surface area contributed by atoms with Crippen molar-refractivity contribution in [1.82, 2.24) is 5.32 Å². The fourth-order valence-corrected chi connectivity index (χ4v) is 0.488. The zero-order valence-electron chi connectivity index (χ0n) is 10.0. The number of nitrogens with two attached hydrogens (primary N) is 1. The second-order valence-electron chi connectivity index (χ2n) is 3.92. The SMILES string of the molecule is CC(C)(C)OC(=O)NCCN.CCC. The monoisotopic (exact) mass is 204 g/mol. The zero-order valence-corrected chi connectivity index (χ0v) is 10.0. The highest BCUT2D eigenvalue weighted by Crippen LogP contribution is 2.05. The standard InChI is InChI=1S/C7H16N2O2.C3H8/c1-7(2,3)11-6(10)9-5-4-8;1-3-2/h4-5,8H2,1-3H3,(H,9,10);3H2,1-2H3. The molecule has 3 N–H and O–H groups in total. The van der Waals surface area contributed by atoms with Crippen LogP contribution in [0.25, 0.3) is 0 Å². The van der Waals surface area contributed by atoms with Crippen molar-refractivity contribution in [2.75, 3.05) is 13.1 Å². The molecular formula is C10H24N2O2. The maximum Gasteiger partial charge on any atom is 0.407 e. The first-order valence-corrected chi connectivity index (χ1v) is 5.04. The van der Waals surface area contributed by atoms with Gasteiger partial charge >= 0.3 is 6.09 Å². The predicted octanol–water partition coefficient (Wildman–Crippen LogP) is 1.89. The number of nitrogens with one attached hydrogen (secondary N) is 1. The summed E-state index contributed by atoms with van der Waals surface area (Å²) in [7, 11) is 0. The van der Waals surface area contributed by atoms with Crippen LogP contribution in [-0.4, -0.2) is 24.8 Å². The summed E-state index contributed by atoms with van der Waals surface area (Å²) in [6.45, 7) is 10.6. The van der Waals surface area contributed by atoms with Gasteiger partial charge < -0.3 is 15.8 Å². The van der Waals surface area contributed by atoms with Crippen molar-refractivity contribution in [3.05, 3.63) is 0 Å². The van der Waals surface area contributed by atoms with Crippen LogP contribution in [0, 0.1) is 0 Å². The van der Waals surface area contributed by atoms with Crippen LogP contribution in [0.1, 0.15) is 41.0 Å². The van der Waals surface area contributed by atoms with Crippen molar-refractivity contribution in [2.24, 2.45) is 5.73 Å². The third-order valence-electron chi connectivity index (χ3n) is 0.813. The largest absolute Gasteiger partial charge is 0.444 e. The van der Waals surface area contributed by atoms with Crippen molar-refractivity contribution < 1.29 is 9.53 Å². The quantitative estimate of drug-likeness (QED) is 0.722. The number of ether oxygens (including phenoxy) is 1. The third kappa shape index (κ3) is 17.4. The molecule has 0 heterocycles. The Hall–Kier alpha value is -0.770. The van der Waals surface area contributed by atoms with Gasteiger partial charge in [0, 0.05) is 13.1 Å². The van der Waals surface area contributed by atoms with Gasteiger partial charge in [-0.1, -0.05) is 20.3 Å². The Morgan fingerprint density at radius 2 is 1.79 bits per heavy atom. The molecule has 0 unspecified atom stereocenters. The molecule has 14 heavy (non-hydrogen) atoms. The van der Waals surface area contributed by atoms with Gasteiger partial charge in [0.05, 0.1) is 0 Å². The summed E-state index contributed by atoms with van der Waals surface area (Å²) in [4.78, 5) is 10.8. The molecule has 1 amide bonds. The maximum atomic E-state index is 10.8. The number of amides is 1. The van der Waals surface area contributed by atoms with Crippen LogP contribution in [-0.2, 0) is 4.74 Å². The third-order valence-corrected chi connectivity index (χ3v) is 0.813. The van der Waals surface area contributed by atoms with Crippen LogP contribution in [0.15, 0.2) is 0 Å². The van der Waals surface area contributed by atoms with E-state index in [1.54, 1.807) is 0 Å². The van der Waals surface area contributed by atoms with Crippen molar-refractivity contribution in [1.29, 1.82) is 0 Å². The Morgan fingerprint density at radius 1 is 1.36 bits per heavy atom.